The molecule has 0 fully saturated rings. The van der Waals surface area contributed by atoms with Crippen LogP contribution in [-0.2, 0) is 17.7 Å². The van der Waals surface area contributed by atoms with Gasteiger partial charge in [-0.15, -0.1) is 0 Å². The highest BCUT2D eigenvalue weighted by Gasteiger charge is 2.32. The van der Waals surface area contributed by atoms with Crippen molar-refractivity contribution in [3.63, 3.8) is 0 Å². The Balaban J connectivity index is 2.03. The second-order valence-electron chi connectivity index (χ2n) is 5.08. The molecule has 0 bridgehead atoms. The molecule has 2 atom stereocenters. The molecule has 21 heavy (non-hydrogen) atoms. The lowest BCUT2D eigenvalue weighted by atomic mass is 9.92. The first-order chi connectivity index (χ1) is 10.3. The number of ether oxygens (including phenoxy) is 1. The molecule has 1 aliphatic heterocycles. The van der Waals surface area contributed by atoms with Gasteiger partial charge in [-0.05, 0) is 40.4 Å². The number of aromatic nitrogens is 2. The van der Waals surface area contributed by atoms with E-state index in [1.54, 1.807) is 6.20 Å². The molecule has 6 heteroatoms. The largest absolute Gasteiger partial charge is 0.371 e. The summed E-state index contributed by atoms with van der Waals surface area (Å²) in [6, 6.07) is 8.23. The second-order valence-corrected chi connectivity index (χ2v) is 5.93. The Bertz CT molecular complexity index is 628. The third-order valence-electron chi connectivity index (χ3n) is 3.94. The number of rotatable bonds is 4. The fourth-order valence-corrected chi connectivity index (χ4v) is 3.49. The van der Waals surface area contributed by atoms with Crippen molar-refractivity contribution in [3.8, 4) is 0 Å². The van der Waals surface area contributed by atoms with Gasteiger partial charge in [0.05, 0.1) is 29.0 Å². The molecular weight excluding hydrogens is 332 g/mol. The lowest BCUT2D eigenvalue weighted by Gasteiger charge is -2.32. The first kappa shape index (κ1) is 14.7. The van der Waals surface area contributed by atoms with Crippen molar-refractivity contribution in [3.05, 3.63) is 51.8 Å². The minimum absolute atomic E-state index is 0.113. The van der Waals surface area contributed by atoms with E-state index in [4.69, 9.17) is 10.6 Å². The minimum Gasteiger partial charge on any atom is -0.371 e. The van der Waals surface area contributed by atoms with Crippen LogP contribution in [0.4, 0.5) is 0 Å². The summed E-state index contributed by atoms with van der Waals surface area (Å²) in [5.41, 5.74) is 6.45. The molecule has 112 valence electrons. The number of aryl methyl sites for hydroxylation is 1. The zero-order valence-corrected chi connectivity index (χ0v) is 13.5. The number of nitrogens with zero attached hydrogens (tertiary/aromatic N) is 2. The van der Waals surface area contributed by atoms with E-state index in [0.717, 1.165) is 23.1 Å². The van der Waals surface area contributed by atoms with Gasteiger partial charge in [0.15, 0.2) is 0 Å². The molecule has 3 N–H and O–H groups in total. The van der Waals surface area contributed by atoms with Crippen LogP contribution >= 0.6 is 15.9 Å². The van der Waals surface area contributed by atoms with Crippen LogP contribution in [0.15, 0.2) is 34.9 Å². The maximum atomic E-state index is 6.03. The van der Waals surface area contributed by atoms with Crippen LogP contribution in [0, 0.1) is 0 Å². The highest BCUT2D eigenvalue weighted by Crippen LogP contribution is 2.38. The number of nitrogens with one attached hydrogen (secondary N) is 1. The summed E-state index contributed by atoms with van der Waals surface area (Å²) in [6.45, 7) is 3.55. The van der Waals surface area contributed by atoms with Crippen LogP contribution in [0.2, 0.25) is 0 Å². The third-order valence-corrected chi connectivity index (χ3v) is 4.55. The van der Waals surface area contributed by atoms with Gasteiger partial charge >= 0.3 is 0 Å². The average molecular weight is 351 g/mol. The quantitative estimate of drug-likeness (QED) is 0.656. The molecule has 0 saturated carbocycles. The number of hydrogen-bond acceptors (Lipinski definition) is 4. The Hall–Kier alpha value is -1.21. The maximum absolute atomic E-state index is 6.03. The number of benzene rings is 1. The molecule has 3 rings (SSSR count). The predicted octanol–water partition coefficient (Wildman–Crippen LogP) is 2.48. The lowest BCUT2D eigenvalue weighted by Crippen LogP contribution is -2.37. The van der Waals surface area contributed by atoms with Gasteiger partial charge < -0.3 is 4.74 Å². The monoisotopic (exact) mass is 350 g/mol. The Labute approximate surface area is 132 Å². The van der Waals surface area contributed by atoms with Gasteiger partial charge in [0, 0.05) is 6.54 Å². The Kier molecular flexibility index (Phi) is 4.40. The smallest absolute Gasteiger partial charge is 0.105 e. The summed E-state index contributed by atoms with van der Waals surface area (Å²) in [5.74, 6) is 5.85. The fraction of sp³-hybridized carbons (Fsp3) is 0.400. The van der Waals surface area contributed by atoms with Gasteiger partial charge in [0.1, 0.15) is 6.10 Å². The molecule has 1 aromatic carbocycles. The van der Waals surface area contributed by atoms with Crippen molar-refractivity contribution in [2.45, 2.75) is 32.0 Å². The molecule has 1 aliphatic rings. The number of fused-ring (bicyclic) bond motifs is 1. The average Bonchev–Trinajstić information content (AvgIpc) is 2.90. The van der Waals surface area contributed by atoms with Crippen molar-refractivity contribution in [2.24, 2.45) is 5.84 Å². The van der Waals surface area contributed by atoms with E-state index in [-0.39, 0.29) is 12.1 Å². The number of hydrogen-bond donors (Lipinski definition) is 2. The summed E-state index contributed by atoms with van der Waals surface area (Å²) in [5, 5.41) is 4.37. The van der Waals surface area contributed by atoms with Crippen molar-refractivity contribution in [1.82, 2.24) is 15.2 Å². The Morgan fingerprint density at radius 1 is 1.52 bits per heavy atom. The van der Waals surface area contributed by atoms with Crippen molar-refractivity contribution >= 4 is 15.9 Å². The van der Waals surface area contributed by atoms with Crippen LogP contribution in [-0.4, -0.2) is 16.4 Å². The van der Waals surface area contributed by atoms with E-state index < -0.39 is 0 Å². The molecule has 0 amide bonds. The molecule has 0 saturated heterocycles. The summed E-state index contributed by atoms with van der Waals surface area (Å²) in [7, 11) is 0. The minimum atomic E-state index is -0.150. The third kappa shape index (κ3) is 2.64. The van der Waals surface area contributed by atoms with E-state index >= 15 is 0 Å². The number of halogens is 1. The number of hydrazine groups is 1. The van der Waals surface area contributed by atoms with Crippen LogP contribution in [0.1, 0.15) is 35.9 Å². The van der Waals surface area contributed by atoms with Crippen molar-refractivity contribution in [2.75, 3.05) is 6.61 Å². The van der Waals surface area contributed by atoms with Gasteiger partial charge in [0.25, 0.3) is 0 Å². The Morgan fingerprint density at radius 2 is 2.33 bits per heavy atom. The van der Waals surface area contributed by atoms with Gasteiger partial charge in [-0.3, -0.25) is 10.5 Å². The molecule has 0 radical (unpaired) electrons. The zero-order chi connectivity index (χ0) is 14.8. The van der Waals surface area contributed by atoms with Crippen molar-refractivity contribution < 1.29 is 4.74 Å². The molecule has 2 aromatic rings. The van der Waals surface area contributed by atoms with Gasteiger partial charge in [-0.25, -0.2) is 5.43 Å². The molecule has 0 aliphatic carbocycles. The highest BCUT2D eigenvalue weighted by atomic mass is 79.9. The van der Waals surface area contributed by atoms with E-state index in [0.29, 0.717) is 6.61 Å². The predicted molar refractivity (Wildman–Crippen MR) is 84.5 cm³/mol. The van der Waals surface area contributed by atoms with E-state index in [1.165, 1.54) is 11.1 Å². The van der Waals surface area contributed by atoms with Crippen molar-refractivity contribution in [1.29, 1.82) is 0 Å². The summed E-state index contributed by atoms with van der Waals surface area (Å²) < 4.78 is 8.91. The van der Waals surface area contributed by atoms with Gasteiger partial charge in [-0.2, -0.15) is 5.10 Å². The molecular formula is C15H19BrN4O. The van der Waals surface area contributed by atoms with E-state index in [1.807, 2.05) is 10.7 Å². The lowest BCUT2D eigenvalue weighted by molar-refractivity contribution is 0.0124. The van der Waals surface area contributed by atoms with Crippen LogP contribution in [0.25, 0.3) is 0 Å². The number of nitrogens with two attached hydrogens (primary N) is 1. The molecule has 2 unspecified atom stereocenters. The molecule has 1 aromatic heterocycles. The zero-order valence-electron chi connectivity index (χ0n) is 11.9. The molecule has 0 spiro atoms. The van der Waals surface area contributed by atoms with E-state index in [9.17, 15) is 0 Å². The SMILES string of the molecule is CCn1ncc(Br)c1C(NN)C1OCCc2ccccc21. The fourth-order valence-electron chi connectivity index (χ4n) is 2.94. The maximum Gasteiger partial charge on any atom is 0.105 e. The van der Waals surface area contributed by atoms with Crippen LogP contribution in [0.3, 0.4) is 0 Å². The summed E-state index contributed by atoms with van der Waals surface area (Å²) in [6.07, 6.45) is 2.63. The second kappa shape index (κ2) is 6.27. The standard InChI is InChI=1S/C15H19BrN4O/c1-2-20-14(12(16)9-18-20)13(19-17)15-11-6-4-3-5-10(11)7-8-21-15/h3-6,9,13,15,19H,2,7-8,17H2,1H3. The Morgan fingerprint density at radius 3 is 3.10 bits per heavy atom. The summed E-state index contributed by atoms with van der Waals surface area (Å²) >= 11 is 3.57. The highest BCUT2D eigenvalue weighted by molar-refractivity contribution is 9.10. The van der Waals surface area contributed by atoms with E-state index in [2.05, 4.69) is 51.6 Å². The molecule has 5 nitrogen and oxygen atoms in total. The summed E-state index contributed by atoms with van der Waals surface area (Å²) in [4.78, 5) is 0. The first-order valence-electron chi connectivity index (χ1n) is 7.13. The normalized spacial score (nSPS) is 19.3. The van der Waals surface area contributed by atoms with Crippen LogP contribution in [0.5, 0.6) is 0 Å². The van der Waals surface area contributed by atoms with Crippen LogP contribution < -0.4 is 11.3 Å². The van der Waals surface area contributed by atoms with Gasteiger partial charge in [-0.1, -0.05) is 24.3 Å². The topological polar surface area (TPSA) is 65.1 Å². The first-order valence-corrected chi connectivity index (χ1v) is 7.92. The molecule has 2 heterocycles. The van der Waals surface area contributed by atoms with Gasteiger partial charge in [0.2, 0.25) is 0 Å².